The number of hydrogen-bond donors (Lipinski definition) is 2. The second-order valence-corrected chi connectivity index (χ2v) is 6.91. The van der Waals surface area contributed by atoms with Crippen molar-refractivity contribution < 1.29 is 18.4 Å². The van der Waals surface area contributed by atoms with Crippen LogP contribution in [0, 0.1) is 0 Å². The summed E-state index contributed by atoms with van der Waals surface area (Å²) in [6.45, 7) is 0. The molecule has 0 spiro atoms. The first-order valence-electron chi connectivity index (χ1n) is 5.56. The minimum Gasteiger partial charge on any atom is -0.488 e. The maximum atomic E-state index is 11.3. The molecule has 0 aliphatic carbocycles. The molecule has 104 valence electrons. The highest BCUT2D eigenvalue weighted by atomic mass is 35.5. The normalized spacial score (nSPS) is 22.4. The number of halogens is 1. The van der Waals surface area contributed by atoms with Gasteiger partial charge in [0.05, 0.1) is 16.5 Å². The third kappa shape index (κ3) is 3.30. The van der Waals surface area contributed by atoms with Crippen LogP contribution in [0.5, 0.6) is 5.75 Å². The molecule has 0 aromatic heterocycles. The summed E-state index contributed by atoms with van der Waals surface area (Å²) in [5, 5.41) is 11.7. The molecular formula is C11H13ClN2O4S. The largest absolute Gasteiger partial charge is 0.488 e. The Balaban J connectivity index is 2.14. The molecule has 8 heteroatoms. The zero-order valence-corrected chi connectivity index (χ0v) is 11.5. The molecule has 1 unspecified atom stereocenters. The van der Waals surface area contributed by atoms with Crippen molar-refractivity contribution in [2.75, 3.05) is 11.5 Å². The van der Waals surface area contributed by atoms with E-state index in [0.29, 0.717) is 17.7 Å². The molecule has 1 saturated heterocycles. The zero-order valence-electron chi connectivity index (χ0n) is 9.91. The van der Waals surface area contributed by atoms with Crippen molar-refractivity contribution in [1.82, 2.24) is 0 Å². The summed E-state index contributed by atoms with van der Waals surface area (Å²) in [7, 11) is -2.99. The van der Waals surface area contributed by atoms with Crippen LogP contribution in [0.15, 0.2) is 23.4 Å². The van der Waals surface area contributed by atoms with Gasteiger partial charge in [-0.05, 0) is 24.6 Å². The van der Waals surface area contributed by atoms with Gasteiger partial charge in [0.2, 0.25) is 0 Å². The summed E-state index contributed by atoms with van der Waals surface area (Å²) in [6, 6.07) is 4.65. The molecule has 2 rings (SSSR count). The maximum absolute atomic E-state index is 11.3. The average Bonchev–Trinajstić information content (AvgIpc) is 2.70. The highest BCUT2D eigenvalue weighted by Crippen LogP contribution is 2.28. The molecule has 1 aromatic rings. The fourth-order valence-corrected chi connectivity index (χ4v) is 3.66. The molecule has 1 aromatic carbocycles. The van der Waals surface area contributed by atoms with Gasteiger partial charge in [0.1, 0.15) is 11.9 Å². The van der Waals surface area contributed by atoms with Crippen molar-refractivity contribution in [3.8, 4) is 5.75 Å². The van der Waals surface area contributed by atoms with Crippen molar-refractivity contribution in [3.05, 3.63) is 28.8 Å². The van der Waals surface area contributed by atoms with Crippen LogP contribution < -0.4 is 10.5 Å². The molecule has 1 aliphatic rings. The lowest BCUT2D eigenvalue weighted by atomic mass is 10.2. The van der Waals surface area contributed by atoms with Crippen LogP contribution in [-0.2, 0) is 9.84 Å². The molecule has 6 nitrogen and oxygen atoms in total. The average molecular weight is 305 g/mol. The van der Waals surface area contributed by atoms with Crippen LogP contribution in [0.25, 0.3) is 0 Å². The smallest absolute Gasteiger partial charge is 0.170 e. The molecule has 1 atom stereocenters. The van der Waals surface area contributed by atoms with Crippen LogP contribution in [0.3, 0.4) is 0 Å². The van der Waals surface area contributed by atoms with Crippen molar-refractivity contribution in [2.45, 2.75) is 12.5 Å². The molecule has 1 heterocycles. The lowest BCUT2D eigenvalue weighted by Gasteiger charge is -2.13. The molecule has 0 radical (unpaired) electrons. The van der Waals surface area contributed by atoms with E-state index in [9.17, 15) is 8.42 Å². The van der Waals surface area contributed by atoms with Crippen LogP contribution in [0.2, 0.25) is 5.02 Å². The summed E-state index contributed by atoms with van der Waals surface area (Å²) in [5.41, 5.74) is 5.89. The summed E-state index contributed by atoms with van der Waals surface area (Å²) in [5.74, 6) is 0.471. The highest BCUT2D eigenvalue weighted by molar-refractivity contribution is 7.91. The van der Waals surface area contributed by atoms with E-state index < -0.39 is 9.84 Å². The summed E-state index contributed by atoms with van der Waals surface area (Å²) in [6.07, 6.45) is 0.0814. The van der Waals surface area contributed by atoms with Gasteiger partial charge in [0, 0.05) is 5.56 Å². The van der Waals surface area contributed by atoms with Gasteiger partial charge in [-0.25, -0.2) is 8.42 Å². The molecule has 1 aliphatic heterocycles. The van der Waals surface area contributed by atoms with E-state index in [1.807, 2.05) is 0 Å². The molecule has 0 bridgehead atoms. The minimum atomic E-state index is -2.99. The first-order valence-corrected chi connectivity index (χ1v) is 7.76. The molecule has 1 fully saturated rings. The van der Waals surface area contributed by atoms with Gasteiger partial charge in [-0.2, -0.15) is 0 Å². The Morgan fingerprint density at radius 3 is 2.79 bits per heavy atom. The second-order valence-electron chi connectivity index (χ2n) is 4.27. The predicted octanol–water partition coefficient (Wildman–Crippen LogP) is 1.00. The first-order chi connectivity index (χ1) is 8.91. The Bertz CT molecular complexity index is 615. The standard InChI is InChI=1S/C11H13ClN2O4S/c12-9-5-7(11(13)14-15)1-2-10(9)18-8-3-4-19(16,17)6-8/h1-2,5,8,15H,3-4,6H2,(H2,13,14). The Labute approximate surface area is 115 Å². The van der Waals surface area contributed by atoms with Gasteiger partial charge in [0.25, 0.3) is 0 Å². The van der Waals surface area contributed by atoms with Crippen LogP contribution >= 0.6 is 11.6 Å². The van der Waals surface area contributed by atoms with Crippen LogP contribution in [-0.4, -0.2) is 37.1 Å². The lowest BCUT2D eigenvalue weighted by molar-refractivity contribution is 0.229. The van der Waals surface area contributed by atoms with E-state index in [0.717, 1.165) is 0 Å². The summed E-state index contributed by atoms with van der Waals surface area (Å²) in [4.78, 5) is 0. The fraction of sp³-hybridized carbons (Fsp3) is 0.364. The van der Waals surface area contributed by atoms with E-state index >= 15 is 0 Å². The van der Waals surface area contributed by atoms with E-state index in [1.54, 1.807) is 12.1 Å². The fourth-order valence-electron chi connectivity index (χ4n) is 1.85. The number of benzene rings is 1. The predicted molar refractivity (Wildman–Crippen MR) is 71.6 cm³/mol. The van der Waals surface area contributed by atoms with Gasteiger partial charge in [0.15, 0.2) is 15.7 Å². The van der Waals surface area contributed by atoms with Gasteiger partial charge in [-0.15, -0.1) is 0 Å². The number of oxime groups is 1. The molecule has 0 amide bonds. The lowest BCUT2D eigenvalue weighted by Crippen LogP contribution is -2.18. The van der Waals surface area contributed by atoms with E-state index in [4.69, 9.17) is 27.3 Å². The summed E-state index contributed by atoms with van der Waals surface area (Å²) < 4.78 is 28.2. The molecular weight excluding hydrogens is 292 g/mol. The topological polar surface area (TPSA) is 102 Å². The quantitative estimate of drug-likeness (QED) is 0.375. The van der Waals surface area contributed by atoms with Gasteiger partial charge < -0.3 is 15.7 Å². The molecule has 0 saturated carbocycles. The first kappa shape index (κ1) is 14.0. The Kier molecular flexibility index (Phi) is 3.86. The number of rotatable bonds is 3. The summed E-state index contributed by atoms with van der Waals surface area (Å²) >= 11 is 6.01. The SMILES string of the molecule is N/C(=N/O)c1ccc(OC2CCS(=O)(=O)C2)c(Cl)c1. The van der Waals surface area contributed by atoms with E-state index in [-0.39, 0.29) is 28.5 Å². The van der Waals surface area contributed by atoms with Crippen molar-refractivity contribution in [2.24, 2.45) is 10.9 Å². The van der Waals surface area contributed by atoms with Crippen molar-refractivity contribution in [1.29, 1.82) is 0 Å². The van der Waals surface area contributed by atoms with Crippen molar-refractivity contribution >= 4 is 27.3 Å². The Morgan fingerprint density at radius 2 is 2.26 bits per heavy atom. The highest BCUT2D eigenvalue weighted by Gasteiger charge is 2.29. The number of sulfone groups is 1. The van der Waals surface area contributed by atoms with Crippen molar-refractivity contribution in [3.63, 3.8) is 0 Å². The second kappa shape index (κ2) is 5.26. The number of nitrogens with two attached hydrogens (primary N) is 1. The van der Waals surface area contributed by atoms with Crippen LogP contribution in [0.1, 0.15) is 12.0 Å². The number of ether oxygens (including phenoxy) is 1. The number of nitrogens with zero attached hydrogens (tertiary/aromatic N) is 1. The van der Waals surface area contributed by atoms with Gasteiger partial charge >= 0.3 is 0 Å². The Hall–Kier alpha value is -1.47. The number of amidine groups is 1. The Morgan fingerprint density at radius 1 is 1.53 bits per heavy atom. The zero-order chi connectivity index (χ0) is 14.0. The maximum Gasteiger partial charge on any atom is 0.170 e. The third-order valence-electron chi connectivity index (χ3n) is 2.82. The molecule has 19 heavy (non-hydrogen) atoms. The van der Waals surface area contributed by atoms with E-state index in [1.165, 1.54) is 6.07 Å². The van der Waals surface area contributed by atoms with E-state index in [2.05, 4.69) is 5.16 Å². The van der Waals surface area contributed by atoms with Crippen LogP contribution in [0.4, 0.5) is 0 Å². The minimum absolute atomic E-state index is 0.00528. The monoisotopic (exact) mass is 304 g/mol. The van der Waals surface area contributed by atoms with Gasteiger partial charge in [-0.1, -0.05) is 16.8 Å². The molecule has 3 N–H and O–H groups in total. The number of hydrogen-bond acceptors (Lipinski definition) is 5. The third-order valence-corrected chi connectivity index (χ3v) is 4.85. The van der Waals surface area contributed by atoms with Gasteiger partial charge in [-0.3, -0.25) is 0 Å².